The molecule has 0 aliphatic carbocycles. The van der Waals surface area contributed by atoms with Crippen LogP contribution >= 0.6 is 0 Å². The van der Waals surface area contributed by atoms with Gasteiger partial charge < -0.3 is 10.0 Å². The molecule has 1 aromatic carbocycles. The van der Waals surface area contributed by atoms with E-state index in [4.69, 9.17) is 5.11 Å². The number of likely N-dealkylation sites (tertiary alicyclic amines) is 1. The lowest BCUT2D eigenvalue weighted by Gasteiger charge is -2.14. The van der Waals surface area contributed by atoms with Crippen LogP contribution in [0.2, 0.25) is 0 Å². The van der Waals surface area contributed by atoms with Crippen molar-refractivity contribution in [2.45, 2.75) is 24.3 Å². The number of nitrogens with one attached hydrogen (secondary N) is 1. The second kappa shape index (κ2) is 6.58. The number of rotatable bonds is 3. The largest absolute Gasteiger partial charge is 0.384 e. The third-order valence-corrected chi connectivity index (χ3v) is 5.04. The van der Waals surface area contributed by atoms with Gasteiger partial charge in [-0.15, -0.1) is 0 Å². The van der Waals surface area contributed by atoms with Gasteiger partial charge in [-0.2, -0.15) is 0 Å². The molecule has 1 aliphatic heterocycles. The van der Waals surface area contributed by atoms with Gasteiger partial charge in [0.2, 0.25) is 10.0 Å². The summed E-state index contributed by atoms with van der Waals surface area (Å²) in [4.78, 5) is 2.36. The molecule has 0 spiro atoms. The van der Waals surface area contributed by atoms with Crippen LogP contribution in [0.25, 0.3) is 0 Å². The minimum Gasteiger partial charge on any atom is -0.384 e. The van der Waals surface area contributed by atoms with Crippen molar-refractivity contribution in [2.75, 3.05) is 26.7 Å². The first-order valence-corrected chi connectivity index (χ1v) is 8.32. The molecule has 0 radical (unpaired) electrons. The molecule has 0 bridgehead atoms. The minimum absolute atomic E-state index is 0.0332. The van der Waals surface area contributed by atoms with Gasteiger partial charge >= 0.3 is 0 Å². The topological polar surface area (TPSA) is 69.6 Å². The zero-order chi connectivity index (χ0) is 15.5. The van der Waals surface area contributed by atoms with Gasteiger partial charge in [-0.05, 0) is 50.7 Å². The van der Waals surface area contributed by atoms with Gasteiger partial charge in [0.15, 0.2) is 0 Å². The SMILES string of the molecule is Cc1cc(S(=O)(=O)NC2CCN(C)C2)ccc1C#CCO. The Balaban J connectivity index is 2.18. The maximum Gasteiger partial charge on any atom is 0.240 e. The Morgan fingerprint density at radius 1 is 1.48 bits per heavy atom. The molecule has 1 atom stereocenters. The summed E-state index contributed by atoms with van der Waals surface area (Å²) in [6.07, 6.45) is 0.828. The Morgan fingerprint density at radius 2 is 2.24 bits per heavy atom. The lowest BCUT2D eigenvalue weighted by molar-refractivity contribution is 0.350. The number of aliphatic hydroxyl groups excluding tert-OH is 1. The van der Waals surface area contributed by atoms with Crippen molar-refractivity contribution in [2.24, 2.45) is 0 Å². The summed E-state index contributed by atoms with van der Waals surface area (Å²) in [5, 5.41) is 8.70. The lowest BCUT2D eigenvalue weighted by Crippen LogP contribution is -2.36. The van der Waals surface area contributed by atoms with Gasteiger partial charge in [0.1, 0.15) is 6.61 Å². The quantitative estimate of drug-likeness (QED) is 0.789. The van der Waals surface area contributed by atoms with Crippen molar-refractivity contribution < 1.29 is 13.5 Å². The van der Waals surface area contributed by atoms with Crippen molar-refractivity contribution >= 4 is 10.0 Å². The zero-order valence-electron chi connectivity index (χ0n) is 12.3. The first-order chi connectivity index (χ1) is 9.92. The molecule has 1 aliphatic rings. The third-order valence-electron chi connectivity index (χ3n) is 3.52. The van der Waals surface area contributed by atoms with E-state index >= 15 is 0 Å². The van der Waals surface area contributed by atoms with E-state index in [-0.39, 0.29) is 17.5 Å². The van der Waals surface area contributed by atoms with Gasteiger partial charge in [0.25, 0.3) is 0 Å². The normalized spacial score (nSPS) is 19.3. The smallest absolute Gasteiger partial charge is 0.240 e. The molecule has 1 saturated heterocycles. The predicted molar refractivity (Wildman–Crippen MR) is 81.4 cm³/mol. The molecule has 0 aromatic heterocycles. The van der Waals surface area contributed by atoms with Crippen LogP contribution in [0.5, 0.6) is 0 Å². The van der Waals surface area contributed by atoms with E-state index in [1.165, 1.54) is 0 Å². The van der Waals surface area contributed by atoms with E-state index in [9.17, 15) is 8.42 Å². The van der Waals surface area contributed by atoms with Crippen molar-refractivity contribution in [1.82, 2.24) is 9.62 Å². The summed E-state index contributed by atoms with van der Waals surface area (Å²) in [7, 11) is -1.52. The molecule has 21 heavy (non-hydrogen) atoms. The molecular formula is C15H20N2O3S. The van der Waals surface area contributed by atoms with Crippen LogP contribution in [0.1, 0.15) is 17.5 Å². The fraction of sp³-hybridized carbons (Fsp3) is 0.467. The number of nitrogens with zero attached hydrogens (tertiary/aromatic N) is 1. The Morgan fingerprint density at radius 3 is 2.81 bits per heavy atom. The van der Waals surface area contributed by atoms with E-state index in [1.54, 1.807) is 18.2 Å². The van der Waals surface area contributed by atoms with E-state index < -0.39 is 10.0 Å². The molecule has 2 N–H and O–H groups in total. The van der Waals surface area contributed by atoms with Crippen LogP contribution in [0.4, 0.5) is 0 Å². The third kappa shape index (κ3) is 4.05. The molecule has 1 aromatic rings. The van der Waals surface area contributed by atoms with E-state index in [2.05, 4.69) is 21.5 Å². The van der Waals surface area contributed by atoms with Crippen LogP contribution in [0, 0.1) is 18.8 Å². The van der Waals surface area contributed by atoms with Crippen LogP contribution in [0.15, 0.2) is 23.1 Å². The second-order valence-corrected chi connectivity index (χ2v) is 7.02. The molecule has 1 heterocycles. The van der Waals surface area contributed by atoms with Gasteiger partial charge in [0, 0.05) is 18.2 Å². The molecule has 1 unspecified atom stereocenters. The standard InChI is InChI=1S/C15H20N2O3S/c1-12-10-15(6-5-13(12)4-3-9-18)21(19,20)16-14-7-8-17(2)11-14/h5-6,10,14,16,18H,7-9,11H2,1-2H3. The molecular weight excluding hydrogens is 288 g/mol. The maximum absolute atomic E-state index is 12.4. The second-order valence-electron chi connectivity index (χ2n) is 5.31. The molecule has 2 rings (SSSR count). The van der Waals surface area contributed by atoms with Gasteiger partial charge in [-0.25, -0.2) is 13.1 Å². The number of sulfonamides is 1. The van der Waals surface area contributed by atoms with Crippen molar-refractivity contribution in [3.8, 4) is 11.8 Å². The van der Waals surface area contributed by atoms with Gasteiger partial charge in [-0.3, -0.25) is 0 Å². The van der Waals surface area contributed by atoms with Gasteiger partial charge in [-0.1, -0.05) is 11.8 Å². The van der Waals surface area contributed by atoms with Crippen LogP contribution in [0.3, 0.4) is 0 Å². The van der Waals surface area contributed by atoms with E-state index in [1.807, 2.05) is 14.0 Å². The summed E-state index contributed by atoms with van der Waals surface area (Å²) in [5.74, 6) is 5.36. The first kappa shape index (κ1) is 16.0. The number of aliphatic hydroxyl groups is 1. The molecule has 5 nitrogen and oxygen atoms in total. The highest BCUT2D eigenvalue weighted by molar-refractivity contribution is 7.89. The maximum atomic E-state index is 12.4. The molecule has 6 heteroatoms. The highest BCUT2D eigenvalue weighted by atomic mass is 32.2. The number of benzene rings is 1. The fourth-order valence-corrected chi connectivity index (χ4v) is 3.74. The molecule has 0 amide bonds. The summed E-state index contributed by atoms with van der Waals surface area (Å²) in [6.45, 7) is 3.24. The number of hydrogen-bond acceptors (Lipinski definition) is 4. The van der Waals surface area contributed by atoms with Crippen molar-refractivity contribution in [1.29, 1.82) is 0 Å². The Bertz CT molecular complexity index is 674. The van der Waals surface area contributed by atoms with Crippen LogP contribution < -0.4 is 4.72 Å². The zero-order valence-corrected chi connectivity index (χ0v) is 13.1. The van der Waals surface area contributed by atoms with Crippen molar-refractivity contribution in [3.05, 3.63) is 29.3 Å². The Labute approximate surface area is 126 Å². The summed E-state index contributed by atoms with van der Waals surface area (Å²) in [5.41, 5.74) is 1.51. The average molecular weight is 308 g/mol. The highest BCUT2D eigenvalue weighted by Crippen LogP contribution is 2.17. The number of likely N-dealkylation sites (N-methyl/N-ethyl adjacent to an activating group) is 1. The lowest BCUT2D eigenvalue weighted by atomic mass is 10.1. The Hall–Kier alpha value is -1.39. The first-order valence-electron chi connectivity index (χ1n) is 6.83. The van der Waals surface area contributed by atoms with Crippen LogP contribution in [-0.4, -0.2) is 51.2 Å². The molecule has 1 fully saturated rings. The highest BCUT2D eigenvalue weighted by Gasteiger charge is 2.25. The van der Waals surface area contributed by atoms with E-state index in [0.717, 1.165) is 30.6 Å². The monoisotopic (exact) mass is 308 g/mol. The van der Waals surface area contributed by atoms with E-state index in [0.29, 0.717) is 0 Å². The van der Waals surface area contributed by atoms with Crippen LogP contribution in [-0.2, 0) is 10.0 Å². The summed E-state index contributed by atoms with van der Waals surface area (Å²) >= 11 is 0. The fourth-order valence-electron chi connectivity index (χ4n) is 2.40. The minimum atomic E-state index is -3.50. The predicted octanol–water partition coefficient (Wildman–Crippen LogP) is 0.321. The molecule has 0 saturated carbocycles. The average Bonchev–Trinajstić information content (AvgIpc) is 2.82. The van der Waals surface area contributed by atoms with Crippen molar-refractivity contribution in [3.63, 3.8) is 0 Å². The molecule has 114 valence electrons. The number of aryl methyl sites for hydroxylation is 1. The van der Waals surface area contributed by atoms with Gasteiger partial charge in [0.05, 0.1) is 4.90 Å². The summed E-state index contributed by atoms with van der Waals surface area (Å²) < 4.78 is 27.5. The number of hydrogen-bond donors (Lipinski definition) is 2. The Kier molecular flexibility index (Phi) is 5.01. The summed E-state index contributed by atoms with van der Waals surface area (Å²) in [6, 6.07) is 4.81.